The molecule has 0 atom stereocenters. The van der Waals surface area contributed by atoms with Gasteiger partial charge < -0.3 is 5.32 Å². The van der Waals surface area contributed by atoms with Crippen molar-refractivity contribution in [2.24, 2.45) is 0 Å². The van der Waals surface area contributed by atoms with Crippen molar-refractivity contribution in [3.8, 4) is 0 Å². The van der Waals surface area contributed by atoms with Gasteiger partial charge in [0.2, 0.25) is 5.13 Å². The molecule has 0 saturated heterocycles. The highest BCUT2D eigenvalue weighted by Crippen LogP contribution is 2.20. The first-order chi connectivity index (χ1) is 6.84. The first-order valence-electron chi connectivity index (χ1n) is 3.84. The maximum atomic E-state index is 3.93. The second-order valence-corrected chi connectivity index (χ2v) is 4.68. The van der Waals surface area contributed by atoms with Crippen LogP contribution in [0.4, 0.5) is 5.13 Å². The van der Waals surface area contributed by atoms with Crippen molar-refractivity contribution in [2.75, 3.05) is 5.32 Å². The lowest BCUT2D eigenvalue weighted by molar-refractivity contribution is 0.919. The van der Waals surface area contributed by atoms with Crippen LogP contribution >= 0.6 is 27.3 Å². The van der Waals surface area contributed by atoms with Gasteiger partial charge in [-0.15, -0.1) is 10.2 Å². The summed E-state index contributed by atoms with van der Waals surface area (Å²) in [5.41, 5.74) is 0.874. The van der Waals surface area contributed by atoms with Crippen LogP contribution in [-0.4, -0.2) is 20.4 Å². The molecule has 1 N–H and O–H groups in total. The molecule has 0 saturated carbocycles. The van der Waals surface area contributed by atoms with Crippen LogP contribution < -0.4 is 5.32 Å². The second-order valence-electron chi connectivity index (χ2n) is 2.43. The Morgan fingerprint density at radius 3 is 2.93 bits per heavy atom. The predicted molar refractivity (Wildman–Crippen MR) is 57.0 cm³/mol. The highest BCUT2D eigenvalue weighted by atomic mass is 79.9. The van der Waals surface area contributed by atoms with Crippen LogP contribution in [0, 0.1) is 0 Å². The maximum Gasteiger partial charge on any atom is 0.206 e. The zero-order chi connectivity index (χ0) is 9.80. The van der Waals surface area contributed by atoms with Crippen molar-refractivity contribution >= 4 is 32.4 Å². The summed E-state index contributed by atoms with van der Waals surface area (Å²) < 4.78 is 0.763. The Bertz CT molecular complexity index is 403. The molecule has 0 bridgehead atoms. The van der Waals surface area contributed by atoms with Gasteiger partial charge in [-0.1, -0.05) is 11.3 Å². The molecule has 2 rings (SSSR count). The van der Waals surface area contributed by atoms with Crippen molar-refractivity contribution < 1.29 is 0 Å². The van der Waals surface area contributed by atoms with Gasteiger partial charge in [0.1, 0.15) is 0 Å². The van der Waals surface area contributed by atoms with E-state index in [0.29, 0.717) is 6.54 Å². The number of anilines is 1. The fourth-order valence-corrected chi connectivity index (χ4v) is 1.88. The number of hydrogen-bond donors (Lipinski definition) is 1. The number of rotatable bonds is 3. The summed E-state index contributed by atoms with van der Waals surface area (Å²) in [6.45, 7) is 0.607. The van der Waals surface area contributed by atoms with Crippen LogP contribution in [-0.2, 0) is 6.54 Å². The summed E-state index contributed by atoms with van der Waals surface area (Å²) in [5, 5.41) is 19.3. The molecule has 2 aromatic rings. The molecular weight excluding hydrogens is 266 g/mol. The lowest BCUT2D eigenvalue weighted by Crippen LogP contribution is -2.01. The average Bonchev–Trinajstić information content (AvgIpc) is 2.63. The zero-order valence-electron chi connectivity index (χ0n) is 7.01. The Hall–Kier alpha value is -1.08. The molecule has 5 nitrogen and oxygen atoms in total. The van der Waals surface area contributed by atoms with Crippen LogP contribution in [0.5, 0.6) is 0 Å². The molecule has 72 valence electrons. The number of nitrogens with zero attached hydrogens (tertiary/aromatic N) is 4. The molecule has 2 heterocycles. The van der Waals surface area contributed by atoms with Crippen molar-refractivity contribution in [1.29, 1.82) is 0 Å². The fourth-order valence-electron chi connectivity index (χ4n) is 0.871. The molecular formula is C7H6BrN5S. The van der Waals surface area contributed by atoms with Crippen LogP contribution in [0.15, 0.2) is 22.2 Å². The lowest BCUT2D eigenvalue weighted by atomic mass is 10.4. The molecule has 0 fully saturated rings. The van der Waals surface area contributed by atoms with E-state index < -0.39 is 0 Å². The molecule has 0 amide bonds. The number of halogens is 1. The van der Waals surface area contributed by atoms with Crippen molar-refractivity contribution in [3.63, 3.8) is 0 Å². The van der Waals surface area contributed by atoms with Gasteiger partial charge in [0.05, 0.1) is 12.2 Å². The summed E-state index contributed by atoms with van der Waals surface area (Å²) in [5.74, 6) is 0. The van der Waals surface area contributed by atoms with Gasteiger partial charge in [0.25, 0.3) is 0 Å². The minimum absolute atomic E-state index is 0.607. The maximum absolute atomic E-state index is 3.93. The largest absolute Gasteiger partial charge is 0.354 e. The van der Waals surface area contributed by atoms with Crippen molar-refractivity contribution in [2.45, 2.75) is 6.54 Å². The summed E-state index contributed by atoms with van der Waals surface area (Å²) in [6.07, 6.45) is 1.64. The topological polar surface area (TPSA) is 63.6 Å². The van der Waals surface area contributed by atoms with E-state index in [4.69, 9.17) is 0 Å². The number of hydrogen-bond acceptors (Lipinski definition) is 6. The molecule has 0 unspecified atom stereocenters. The summed E-state index contributed by atoms with van der Waals surface area (Å²) in [4.78, 5) is 0. The van der Waals surface area contributed by atoms with E-state index in [9.17, 15) is 0 Å². The Morgan fingerprint density at radius 1 is 1.36 bits per heavy atom. The van der Waals surface area contributed by atoms with E-state index in [1.807, 2.05) is 12.1 Å². The third kappa shape index (κ3) is 2.46. The standard InChI is InChI=1S/C7H6BrN5S/c8-6-12-13-7(14-6)9-4-5-2-1-3-10-11-5/h1-3H,4H2,(H,9,13). The third-order valence-electron chi connectivity index (χ3n) is 1.45. The highest BCUT2D eigenvalue weighted by Gasteiger charge is 2.00. The second kappa shape index (κ2) is 4.43. The van der Waals surface area contributed by atoms with E-state index in [2.05, 4.69) is 41.6 Å². The van der Waals surface area contributed by atoms with Crippen molar-refractivity contribution in [1.82, 2.24) is 20.4 Å². The summed E-state index contributed by atoms with van der Waals surface area (Å²) in [6, 6.07) is 3.75. The first-order valence-corrected chi connectivity index (χ1v) is 5.45. The van der Waals surface area contributed by atoms with Gasteiger partial charge in [-0.3, -0.25) is 0 Å². The van der Waals surface area contributed by atoms with Gasteiger partial charge in [-0.2, -0.15) is 10.2 Å². The van der Waals surface area contributed by atoms with Crippen molar-refractivity contribution in [3.05, 3.63) is 27.9 Å². The average molecular weight is 272 g/mol. The smallest absolute Gasteiger partial charge is 0.206 e. The molecule has 7 heteroatoms. The van der Waals surface area contributed by atoms with E-state index in [1.165, 1.54) is 11.3 Å². The fraction of sp³-hybridized carbons (Fsp3) is 0.143. The van der Waals surface area contributed by atoms with Crippen LogP contribution in [0.2, 0.25) is 0 Å². The van der Waals surface area contributed by atoms with Gasteiger partial charge in [-0.25, -0.2) is 0 Å². The minimum Gasteiger partial charge on any atom is -0.354 e. The quantitative estimate of drug-likeness (QED) is 0.921. The highest BCUT2D eigenvalue weighted by molar-refractivity contribution is 9.11. The van der Waals surface area contributed by atoms with Gasteiger partial charge in [-0.05, 0) is 28.1 Å². The molecule has 0 aliphatic rings. The van der Waals surface area contributed by atoms with Gasteiger partial charge >= 0.3 is 0 Å². The van der Waals surface area contributed by atoms with E-state index in [1.54, 1.807) is 6.20 Å². The summed E-state index contributed by atoms with van der Waals surface area (Å²) in [7, 11) is 0. The van der Waals surface area contributed by atoms with Gasteiger partial charge in [0, 0.05) is 6.20 Å². The number of aromatic nitrogens is 4. The molecule has 2 aromatic heterocycles. The predicted octanol–water partition coefficient (Wildman–Crippen LogP) is 1.70. The van der Waals surface area contributed by atoms with Crippen LogP contribution in [0.3, 0.4) is 0 Å². The van der Waals surface area contributed by atoms with E-state index >= 15 is 0 Å². The first kappa shape index (κ1) is 9.47. The molecule has 0 radical (unpaired) electrons. The van der Waals surface area contributed by atoms with E-state index in [0.717, 1.165) is 14.7 Å². The van der Waals surface area contributed by atoms with E-state index in [-0.39, 0.29) is 0 Å². The molecule has 0 aliphatic heterocycles. The Morgan fingerprint density at radius 2 is 2.29 bits per heavy atom. The van der Waals surface area contributed by atoms with Crippen LogP contribution in [0.25, 0.3) is 0 Å². The SMILES string of the molecule is Brc1nnc(NCc2cccnn2)s1. The Kier molecular flexibility index (Phi) is 3.00. The third-order valence-corrected chi connectivity index (χ3v) is 2.76. The Labute approximate surface area is 92.7 Å². The molecule has 14 heavy (non-hydrogen) atoms. The summed E-state index contributed by atoms with van der Waals surface area (Å²) >= 11 is 4.68. The molecule has 0 spiro atoms. The zero-order valence-corrected chi connectivity index (χ0v) is 9.42. The minimum atomic E-state index is 0.607. The number of nitrogens with one attached hydrogen (secondary N) is 1. The normalized spacial score (nSPS) is 10.1. The van der Waals surface area contributed by atoms with Crippen LogP contribution in [0.1, 0.15) is 5.69 Å². The molecule has 0 aromatic carbocycles. The monoisotopic (exact) mass is 271 g/mol. The molecule has 0 aliphatic carbocycles. The Balaban J connectivity index is 1.95. The lowest BCUT2D eigenvalue weighted by Gasteiger charge is -1.98. The van der Waals surface area contributed by atoms with Gasteiger partial charge in [0.15, 0.2) is 3.92 Å².